The molecule has 5 rings (SSSR count). The second-order valence-corrected chi connectivity index (χ2v) is 15.8. The first kappa shape index (κ1) is 42.4. The van der Waals surface area contributed by atoms with Crippen LogP contribution in [0, 0.1) is 16.9 Å². The molecule has 0 fully saturated rings. The van der Waals surface area contributed by atoms with Crippen LogP contribution in [0.25, 0.3) is 42.9 Å². The Morgan fingerprint density at radius 1 is 0.843 bits per heavy atom. The summed E-state index contributed by atoms with van der Waals surface area (Å²) in [4.78, 5) is 16.9. The molecule has 0 unspecified atom stereocenters. The fraction of sp³-hybridized carbons (Fsp3) is 0.442. The van der Waals surface area contributed by atoms with E-state index in [1.807, 2.05) is 77.3 Å². The van der Waals surface area contributed by atoms with Crippen molar-refractivity contribution in [3.63, 3.8) is 0 Å². The average Bonchev–Trinajstić information content (AvgIpc) is 3.52. The molecule has 1 N–H and O–H groups in total. The average molecular weight is 895 g/mol. The second-order valence-electron chi connectivity index (χ2n) is 14.9. The Morgan fingerprint density at radius 2 is 1.45 bits per heavy atom. The van der Waals surface area contributed by atoms with E-state index in [0.717, 1.165) is 68.7 Å². The molecule has 0 aliphatic heterocycles. The molecule has 0 aliphatic carbocycles. The van der Waals surface area contributed by atoms with Gasteiger partial charge in [0.25, 0.3) is 0 Å². The molecule has 1 radical (unpaired) electrons. The van der Waals surface area contributed by atoms with Crippen molar-refractivity contribution in [3.05, 3.63) is 89.1 Å². The van der Waals surface area contributed by atoms with Crippen molar-refractivity contribution in [1.82, 2.24) is 4.98 Å². The van der Waals surface area contributed by atoms with Gasteiger partial charge in [-0.1, -0.05) is 104 Å². The summed E-state index contributed by atoms with van der Waals surface area (Å²) in [5, 5.41) is 17.1. The van der Waals surface area contributed by atoms with Crippen molar-refractivity contribution in [2.45, 2.75) is 112 Å². The van der Waals surface area contributed by atoms with E-state index in [9.17, 15) is 23.1 Å². The Kier molecular flexibility index (Phi) is 13.9. The smallest absolute Gasteiger partial charge is 0.389 e. The Labute approximate surface area is 319 Å². The first-order chi connectivity index (χ1) is 23.4. The van der Waals surface area contributed by atoms with Crippen LogP contribution in [0.4, 0.5) is 13.2 Å². The van der Waals surface area contributed by atoms with Gasteiger partial charge in [-0.05, 0) is 70.7 Å². The Morgan fingerprint density at radius 3 is 2.04 bits per heavy atom. The normalized spacial score (nSPS) is 12.9. The van der Waals surface area contributed by atoms with Gasteiger partial charge in [-0.15, -0.1) is 40.5 Å². The summed E-state index contributed by atoms with van der Waals surface area (Å²) in [6, 6.07) is 19.9. The minimum atomic E-state index is -4.15. The molecule has 0 bridgehead atoms. The summed E-state index contributed by atoms with van der Waals surface area (Å²) >= 11 is 1.50. The van der Waals surface area contributed by atoms with Crippen molar-refractivity contribution >= 4 is 48.8 Å². The maximum atomic E-state index is 12.8. The van der Waals surface area contributed by atoms with Gasteiger partial charge in [0.2, 0.25) is 0 Å². The Balaban J connectivity index is 0.000000335. The third-order valence-corrected chi connectivity index (χ3v) is 11.8. The topological polar surface area (TPSA) is 50.2 Å². The van der Waals surface area contributed by atoms with Crippen LogP contribution in [-0.4, -0.2) is 22.1 Å². The van der Waals surface area contributed by atoms with Crippen LogP contribution >= 0.6 is 11.3 Å². The van der Waals surface area contributed by atoms with E-state index in [2.05, 4.69) is 45.0 Å². The monoisotopic (exact) mass is 895 g/mol. The quantitative estimate of drug-likeness (QED) is 0.0863. The van der Waals surface area contributed by atoms with E-state index in [1.165, 1.54) is 28.4 Å². The van der Waals surface area contributed by atoms with Gasteiger partial charge in [-0.25, -0.2) is 0 Å². The van der Waals surface area contributed by atoms with E-state index in [0.29, 0.717) is 0 Å². The third-order valence-electron chi connectivity index (χ3n) is 10.7. The number of carbonyl (C=O) groups is 1. The van der Waals surface area contributed by atoms with E-state index in [4.69, 9.17) is 4.98 Å². The van der Waals surface area contributed by atoms with Gasteiger partial charge in [0.1, 0.15) is 5.76 Å². The molecule has 3 aromatic carbocycles. The van der Waals surface area contributed by atoms with Crippen molar-refractivity contribution < 1.29 is 43.2 Å². The number of hydrogen-bond donors (Lipinski definition) is 1. The number of aromatic nitrogens is 1. The number of fused-ring (bicyclic) bond motifs is 4. The molecular weight excluding hydrogens is 844 g/mol. The fourth-order valence-corrected chi connectivity index (χ4v) is 7.28. The number of allylic oxidation sites excluding steroid dienone is 2. The number of benzene rings is 3. The number of thiophene rings is 1. The number of aryl methyl sites for hydroxylation is 1. The maximum Gasteiger partial charge on any atom is 0.389 e. The number of carbonyl (C=O) groups excluding carboxylic acids is 1. The minimum Gasteiger partial charge on any atom is -0.512 e. The number of ketones is 1. The Bertz CT molecular complexity index is 2000. The molecule has 5 aromatic rings. The van der Waals surface area contributed by atoms with Gasteiger partial charge in [0.05, 0.1) is 0 Å². The molecule has 0 spiro atoms. The van der Waals surface area contributed by atoms with Crippen LogP contribution in [0.15, 0.2) is 71.9 Å². The third kappa shape index (κ3) is 9.49. The molecule has 2 heterocycles. The van der Waals surface area contributed by atoms with Crippen molar-refractivity contribution in [2.75, 3.05) is 0 Å². The molecule has 0 saturated heterocycles. The van der Waals surface area contributed by atoms with Crippen LogP contribution in [0.3, 0.4) is 0 Å². The summed E-state index contributed by atoms with van der Waals surface area (Å²) in [5.41, 5.74) is 3.10. The predicted molar refractivity (Wildman–Crippen MR) is 205 cm³/mol. The summed E-state index contributed by atoms with van der Waals surface area (Å²) < 4.78 is 39.3. The van der Waals surface area contributed by atoms with Gasteiger partial charge in [0.15, 0.2) is 5.78 Å². The zero-order chi connectivity index (χ0) is 37.1. The van der Waals surface area contributed by atoms with Crippen molar-refractivity contribution in [2.24, 2.45) is 10.8 Å². The molecule has 0 atom stereocenters. The standard InChI is InChI=1S/C28H23F3NS.C15H28O2.Ir/c1-27(2,3)24-15-19(14-17-6-4-5-7-20(17)24)25-22-9-8-21-18(10-12-28(29,30)31)16-33-26(21)23(22)11-13-32-25;1-7-14(5,8-2)12(16)11-13(17)15(6,9-3)10-4;/h4-9,11,13,15-16H,10,12H2,1-3H3;11,16H,7-10H2,1-6H3;/q-1;;/b;12-11-;. The number of alkyl halides is 3. The first-order valence-corrected chi connectivity index (χ1v) is 18.5. The van der Waals surface area contributed by atoms with E-state index in [-0.39, 0.29) is 54.3 Å². The van der Waals surface area contributed by atoms with Crippen LogP contribution < -0.4 is 0 Å². The number of aliphatic hydroxyl groups is 1. The molecular formula is C43H51F3IrNO2S-. The van der Waals surface area contributed by atoms with Gasteiger partial charge in [-0.3, -0.25) is 9.78 Å². The van der Waals surface area contributed by atoms with E-state index < -0.39 is 12.6 Å². The van der Waals surface area contributed by atoms with Crippen molar-refractivity contribution in [3.8, 4) is 11.3 Å². The van der Waals surface area contributed by atoms with Gasteiger partial charge in [-0.2, -0.15) is 13.2 Å². The summed E-state index contributed by atoms with van der Waals surface area (Å²) in [6.45, 7) is 18.7. The number of pyridine rings is 1. The SMILES string of the molecule is CC(C)(C)c1cc(-c2nccc3c2ccc2c(CCC(F)(F)F)csc23)[c-]c2ccccc12.CCC(C)(CC)C(=O)/C=C(\O)C(C)(CC)CC.[Ir]. The largest absolute Gasteiger partial charge is 0.512 e. The summed E-state index contributed by atoms with van der Waals surface area (Å²) in [6.07, 6.45) is 1.58. The zero-order valence-electron chi connectivity index (χ0n) is 31.3. The maximum absolute atomic E-state index is 12.8. The molecule has 3 nitrogen and oxygen atoms in total. The number of rotatable bonds is 10. The number of halogens is 3. The van der Waals surface area contributed by atoms with E-state index >= 15 is 0 Å². The van der Waals surface area contributed by atoms with Crippen molar-refractivity contribution in [1.29, 1.82) is 0 Å². The molecule has 0 amide bonds. The molecule has 2 aromatic heterocycles. The molecule has 0 aliphatic rings. The van der Waals surface area contributed by atoms with Gasteiger partial charge < -0.3 is 5.11 Å². The zero-order valence-corrected chi connectivity index (χ0v) is 34.5. The summed E-state index contributed by atoms with van der Waals surface area (Å²) in [7, 11) is 0. The van der Waals surface area contributed by atoms with Gasteiger partial charge in [0, 0.05) is 60.0 Å². The number of hydrogen-bond acceptors (Lipinski definition) is 4. The van der Waals surface area contributed by atoms with E-state index in [1.54, 1.807) is 6.20 Å². The fourth-order valence-electron chi connectivity index (χ4n) is 6.15. The van der Waals surface area contributed by atoms with Crippen LogP contribution in [0.2, 0.25) is 0 Å². The number of aliphatic hydroxyl groups excluding tert-OH is 1. The predicted octanol–water partition coefficient (Wildman–Crippen LogP) is 13.5. The Hall–Kier alpha value is -3.06. The van der Waals surface area contributed by atoms with Crippen LogP contribution in [-0.2, 0) is 36.7 Å². The molecule has 51 heavy (non-hydrogen) atoms. The van der Waals surface area contributed by atoms with Crippen LogP contribution in [0.5, 0.6) is 0 Å². The molecule has 0 saturated carbocycles. The number of nitrogens with zero attached hydrogens (tertiary/aromatic N) is 1. The minimum absolute atomic E-state index is 0. The molecule has 277 valence electrons. The van der Waals surface area contributed by atoms with Gasteiger partial charge >= 0.3 is 6.18 Å². The first-order valence-electron chi connectivity index (χ1n) is 17.7. The molecule has 8 heteroatoms. The van der Waals surface area contributed by atoms with Crippen LogP contribution in [0.1, 0.15) is 106 Å². The second kappa shape index (κ2) is 16.7. The summed E-state index contributed by atoms with van der Waals surface area (Å²) in [5.74, 6) is 0.286.